The first kappa shape index (κ1) is 18.6. The third-order valence-corrected chi connectivity index (χ3v) is 7.12. The van der Waals surface area contributed by atoms with Crippen LogP contribution in [0.1, 0.15) is 47.1 Å². The molecule has 29 heavy (non-hydrogen) atoms. The number of likely N-dealkylation sites (tertiary alicyclic amines) is 1. The minimum absolute atomic E-state index is 0.00699. The number of hydrogen-bond acceptors (Lipinski definition) is 4. The van der Waals surface area contributed by atoms with Crippen LogP contribution in [-0.4, -0.2) is 34.8 Å². The summed E-state index contributed by atoms with van der Waals surface area (Å²) in [6.07, 6.45) is 3.22. The Hall–Kier alpha value is -2.44. The molecular formula is C22H20ClN3O2S. The highest BCUT2D eigenvalue weighted by Crippen LogP contribution is 2.38. The zero-order valence-electron chi connectivity index (χ0n) is 15.8. The number of carbonyl (C=O) groups is 2. The molecule has 1 aromatic heterocycles. The zero-order valence-corrected chi connectivity index (χ0v) is 17.4. The van der Waals surface area contributed by atoms with Gasteiger partial charge in [0.2, 0.25) is 5.91 Å². The van der Waals surface area contributed by atoms with Gasteiger partial charge in [0.05, 0.1) is 27.0 Å². The van der Waals surface area contributed by atoms with Gasteiger partial charge in [0.25, 0.3) is 5.91 Å². The van der Waals surface area contributed by atoms with Gasteiger partial charge >= 0.3 is 0 Å². The van der Waals surface area contributed by atoms with Gasteiger partial charge in [-0.1, -0.05) is 23.7 Å². The van der Waals surface area contributed by atoms with E-state index in [1.54, 1.807) is 34.4 Å². The number of benzene rings is 2. The van der Waals surface area contributed by atoms with Crippen LogP contribution in [-0.2, 0) is 4.79 Å². The van der Waals surface area contributed by atoms with Crippen LogP contribution < -0.4 is 4.90 Å². The first-order valence-electron chi connectivity index (χ1n) is 9.88. The van der Waals surface area contributed by atoms with Gasteiger partial charge in [-0.3, -0.25) is 9.59 Å². The number of rotatable bonds is 3. The van der Waals surface area contributed by atoms with Crippen LogP contribution in [0, 0.1) is 0 Å². The molecule has 2 aliphatic rings. The van der Waals surface area contributed by atoms with Crippen molar-refractivity contribution >= 4 is 50.7 Å². The van der Waals surface area contributed by atoms with E-state index in [2.05, 4.69) is 6.07 Å². The fraction of sp³-hybridized carbons (Fsp3) is 0.318. The smallest absolute Gasteiger partial charge is 0.254 e. The van der Waals surface area contributed by atoms with Crippen LogP contribution in [0.2, 0.25) is 5.02 Å². The number of halogens is 1. The van der Waals surface area contributed by atoms with Crippen LogP contribution in [0.15, 0.2) is 42.5 Å². The maximum atomic E-state index is 13.4. The fourth-order valence-electron chi connectivity index (χ4n) is 4.22. The fourth-order valence-corrected chi connectivity index (χ4v) is 5.56. The Morgan fingerprint density at radius 3 is 2.79 bits per heavy atom. The summed E-state index contributed by atoms with van der Waals surface area (Å²) in [5.41, 5.74) is 2.18. The molecule has 148 valence electrons. The maximum absolute atomic E-state index is 13.4. The van der Waals surface area contributed by atoms with E-state index in [1.165, 1.54) is 0 Å². The van der Waals surface area contributed by atoms with Gasteiger partial charge in [0, 0.05) is 25.1 Å². The van der Waals surface area contributed by atoms with Crippen LogP contribution in [0.4, 0.5) is 5.69 Å². The molecule has 0 aliphatic carbocycles. The second-order valence-electron chi connectivity index (χ2n) is 7.49. The lowest BCUT2D eigenvalue weighted by Crippen LogP contribution is -2.31. The first-order chi connectivity index (χ1) is 14.1. The Morgan fingerprint density at radius 1 is 1.14 bits per heavy atom. The van der Waals surface area contributed by atoms with Gasteiger partial charge in [-0.05, 0) is 49.6 Å². The van der Waals surface area contributed by atoms with E-state index in [-0.39, 0.29) is 17.9 Å². The van der Waals surface area contributed by atoms with E-state index < -0.39 is 0 Å². The predicted molar refractivity (Wildman–Crippen MR) is 116 cm³/mol. The summed E-state index contributed by atoms with van der Waals surface area (Å²) in [5.74, 6) is 0.0290. The monoisotopic (exact) mass is 425 g/mol. The molecule has 0 bridgehead atoms. The minimum atomic E-state index is -0.0312. The summed E-state index contributed by atoms with van der Waals surface area (Å²) in [5, 5.41) is 1.49. The van der Waals surface area contributed by atoms with Crippen molar-refractivity contribution < 1.29 is 9.59 Å². The van der Waals surface area contributed by atoms with Gasteiger partial charge in [-0.25, -0.2) is 4.98 Å². The molecule has 2 aliphatic heterocycles. The van der Waals surface area contributed by atoms with Crippen LogP contribution >= 0.6 is 22.9 Å². The number of hydrogen-bond donors (Lipinski definition) is 0. The summed E-state index contributed by atoms with van der Waals surface area (Å²) < 4.78 is 1.14. The zero-order chi connectivity index (χ0) is 20.0. The van der Waals surface area contributed by atoms with Crippen LogP contribution in [0.25, 0.3) is 10.2 Å². The number of nitrogens with zero attached hydrogens (tertiary/aromatic N) is 3. The third-order valence-electron chi connectivity index (χ3n) is 5.67. The Bertz CT molecular complexity index is 1080. The molecule has 0 unspecified atom stereocenters. The predicted octanol–water partition coefficient (Wildman–Crippen LogP) is 5.05. The van der Waals surface area contributed by atoms with Gasteiger partial charge in [-0.15, -0.1) is 11.3 Å². The lowest BCUT2D eigenvalue weighted by Gasteiger charge is -2.24. The second-order valence-corrected chi connectivity index (χ2v) is 8.96. The summed E-state index contributed by atoms with van der Waals surface area (Å²) in [4.78, 5) is 33.9. The molecule has 2 aromatic carbocycles. The van der Waals surface area contributed by atoms with Crippen LogP contribution in [0.3, 0.4) is 0 Å². The van der Waals surface area contributed by atoms with Crippen molar-refractivity contribution in [3.8, 4) is 0 Å². The third kappa shape index (κ3) is 3.30. The SMILES string of the molecule is O=C1CCCN1c1cc(C(=O)N2CCC[C@H]2c2nc3ccccc3s2)ccc1Cl. The Kier molecular flexibility index (Phi) is 4.76. The Morgan fingerprint density at radius 2 is 2.00 bits per heavy atom. The average molecular weight is 426 g/mol. The molecule has 2 fully saturated rings. The van der Waals surface area contributed by atoms with Crippen molar-refractivity contribution in [3.63, 3.8) is 0 Å². The van der Waals surface area contributed by atoms with Crippen molar-refractivity contribution in [2.75, 3.05) is 18.0 Å². The van der Waals surface area contributed by atoms with Gasteiger partial charge in [0.15, 0.2) is 0 Å². The molecule has 3 heterocycles. The molecule has 7 heteroatoms. The van der Waals surface area contributed by atoms with Crippen molar-refractivity contribution in [1.29, 1.82) is 0 Å². The van der Waals surface area contributed by atoms with Crippen molar-refractivity contribution in [2.45, 2.75) is 31.7 Å². The topological polar surface area (TPSA) is 53.5 Å². The average Bonchev–Trinajstić information content (AvgIpc) is 3.46. The maximum Gasteiger partial charge on any atom is 0.254 e. The minimum Gasteiger partial charge on any atom is -0.329 e. The number of fused-ring (bicyclic) bond motifs is 1. The number of anilines is 1. The van der Waals surface area contributed by atoms with E-state index >= 15 is 0 Å². The number of amides is 2. The van der Waals surface area contributed by atoms with Gasteiger partial charge in [0.1, 0.15) is 5.01 Å². The number of aromatic nitrogens is 1. The molecule has 0 radical (unpaired) electrons. The molecule has 5 rings (SSSR count). The molecule has 3 aromatic rings. The van der Waals surface area contributed by atoms with Gasteiger partial charge in [-0.2, -0.15) is 0 Å². The summed E-state index contributed by atoms with van der Waals surface area (Å²) in [7, 11) is 0. The van der Waals surface area contributed by atoms with E-state index in [9.17, 15) is 9.59 Å². The van der Waals surface area contributed by atoms with Crippen molar-refractivity contribution in [1.82, 2.24) is 9.88 Å². The second kappa shape index (κ2) is 7.43. The van der Waals surface area contributed by atoms with E-state index in [0.717, 1.165) is 34.5 Å². The summed E-state index contributed by atoms with van der Waals surface area (Å²) >= 11 is 8.01. The quantitative estimate of drug-likeness (QED) is 0.589. The number of carbonyl (C=O) groups excluding carboxylic acids is 2. The largest absolute Gasteiger partial charge is 0.329 e. The standard InChI is InChI=1S/C22H20ClN3O2S/c23-15-10-9-14(13-18(15)25-11-4-8-20(25)27)22(28)26-12-3-6-17(26)21-24-16-5-1-2-7-19(16)29-21/h1-2,5,7,9-10,13,17H,3-4,6,8,11-12H2/t17-/m0/s1. The molecule has 0 spiro atoms. The number of para-hydroxylation sites is 1. The lowest BCUT2D eigenvalue weighted by molar-refractivity contribution is -0.117. The number of thiazole rings is 1. The molecule has 2 saturated heterocycles. The normalized spacial score (nSPS) is 19.5. The van der Waals surface area contributed by atoms with E-state index in [1.807, 2.05) is 23.1 Å². The molecule has 5 nitrogen and oxygen atoms in total. The highest BCUT2D eigenvalue weighted by atomic mass is 35.5. The molecule has 0 N–H and O–H groups in total. The van der Waals surface area contributed by atoms with E-state index in [0.29, 0.717) is 35.8 Å². The van der Waals surface area contributed by atoms with Crippen molar-refractivity contribution in [2.24, 2.45) is 0 Å². The van der Waals surface area contributed by atoms with Crippen molar-refractivity contribution in [3.05, 3.63) is 58.1 Å². The molecular weight excluding hydrogens is 406 g/mol. The lowest BCUT2D eigenvalue weighted by atomic mass is 10.1. The summed E-state index contributed by atoms with van der Waals surface area (Å²) in [6.45, 7) is 1.36. The molecule has 1 atom stereocenters. The molecule has 2 amide bonds. The Labute approximate surface area is 177 Å². The Balaban J connectivity index is 1.45. The first-order valence-corrected chi connectivity index (χ1v) is 11.1. The van der Waals surface area contributed by atoms with E-state index in [4.69, 9.17) is 16.6 Å². The highest BCUT2D eigenvalue weighted by molar-refractivity contribution is 7.18. The summed E-state index contributed by atoms with van der Waals surface area (Å²) in [6, 6.07) is 13.3. The van der Waals surface area contributed by atoms with Crippen LogP contribution in [0.5, 0.6) is 0 Å². The highest BCUT2D eigenvalue weighted by Gasteiger charge is 2.33. The molecule has 0 saturated carbocycles. The van der Waals surface area contributed by atoms with Gasteiger partial charge < -0.3 is 9.80 Å².